The number of furan rings is 1. The average molecular weight is 391 g/mol. The van der Waals surface area contributed by atoms with Crippen molar-refractivity contribution in [1.82, 2.24) is 9.21 Å². The lowest BCUT2D eigenvalue weighted by Crippen LogP contribution is -2.48. The first-order valence-corrected chi connectivity index (χ1v) is 10.5. The van der Waals surface area contributed by atoms with Crippen LogP contribution in [0.5, 0.6) is 0 Å². The Labute approximate surface area is 159 Å². The third-order valence-electron chi connectivity index (χ3n) is 5.00. The summed E-state index contributed by atoms with van der Waals surface area (Å²) >= 11 is 0. The standard InChI is InChI=1S/C19H25N3O4S/c1-15(16-5-3-2-4-6-16)9-10-21-11-13-22(14-12-21)27(24,25)18-8-7-17(26-18)19(20)23/h2-8,15H,9-14H2,1H3,(H2,20,23). The van der Waals surface area contributed by atoms with Crippen LogP contribution in [0, 0.1) is 0 Å². The van der Waals surface area contributed by atoms with Crippen molar-refractivity contribution in [2.24, 2.45) is 5.73 Å². The summed E-state index contributed by atoms with van der Waals surface area (Å²) in [4.78, 5) is 13.4. The predicted octanol–water partition coefficient (Wildman–Crippen LogP) is 1.88. The van der Waals surface area contributed by atoms with Crippen LogP contribution in [0.2, 0.25) is 0 Å². The van der Waals surface area contributed by atoms with Gasteiger partial charge in [-0.05, 0) is 36.6 Å². The van der Waals surface area contributed by atoms with Crippen LogP contribution in [0.1, 0.15) is 35.4 Å². The number of amides is 1. The van der Waals surface area contributed by atoms with E-state index >= 15 is 0 Å². The van der Waals surface area contributed by atoms with Crippen LogP contribution in [0.3, 0.4) is 0 Å². The van der Waals surface area contributed by atoms with Gasteiger partial charge in [-0.2, -0.15) is 4.31 Å². The van der Waals surface area contributed by atoms with E-state index in [4.69, 9.17) is 10.2 Å². The molecule has 1 saturated heterocycles. The van der Waals surface area contributed by atoms with E-state index in [1.54, 1.807) is 0 Å². The van der Waals surface area contributed by atoms with E-state index in [2.05, 4.69) is 24.0 Å². The number of nitrogens with two attached hydrogens (primary N) is 1. The maximum atomic E-state index is 12.6. The van der Waals surface area contributed by atoms with E-state index in [1.807, 2.05) is 18.2 Å². The monoisotopic (exact) mass is 391 g/mol. The van der Waals surface area contributed by atoms with E-state index in [0.717, 1.165) is 13.0 Å². The van der Waals surface area contributed by atoms with Gasteiger partial charge in [0.25, 0.3) is 15.9 Å². The molecule has 2 aromatic rings. The van der Waals surface area contributed by atoms with Crippen LogP contribution in [0.4, 0.5) is 0 Å². The van der Waals surface area contributed by atoms with Crippen LogP contribution >= 0.6 is 0 Å². The van der Waals surface area contributed by atoms with Gasteiger partial charge in [-0.15, -0.1) is 0 Å². The van der Waals surface area contributed by atoms with Crippen molar-refractivity contribution >= 4 is 15.9 Å². The lowest BCUT2D eigenvalue weighted by molar-refractivity contribution is 0.0968. The van der Waals surface area contributed by atoms with Gasteiger partial charge in [-0.25, -0.2) is 8.42 Å². The molecule has 0 saturated carbocycles. The van der Waals surface area contributed by atoms with Gasteiger partial charge in [0.1, 0.15) is 0 Å². The van der Waals surface area contributed by atoms with Crippen molar-refractivity contribution in [1.29, 1.82) is 0 Å². The third kappa shape index (κ3) is 4.58. The van der Waals surface area contributed by atoms with Crippen LogP contribution in [0.25, 0.3) is 0 Å². The van der Waals surface area contributed by atoms with Crippen LogP contribution < -0.4 is 5.73 Å². The SMILES string of the molecule is CC(CCN1CCN(S(=O)(=O)c2ccc(C(N)=O)o2)CC1)c1ccccc1. The van der Waals surface area contributed by atoms with Gasteiger partial charge in [-0.3, -0.25) is 4.79 Å². The highest BCUT2D eigenvalue weighted by Gasteiger charge is 2.31. The smallest absolute Gasteiger partial charge is 0.284 e. The summed E-state index contributed by atoms with van der Waals surface area (Å²) in [5, 5.41) is -0.234. The van der Waals surface area contributed by atoms with Crippen LogP contribution in [0.15, 0.2) is 52.0 Å². The molecule has 0 spiro atoms. The molecular formula is C19H25N3O4S. The van der Waals surface area contributed by atoms with Crippen molar-refractivity contribution in [2.45, 2.75) is 24.4 Å². The normalized spacial score (nSPS) is 17.7. The summed E-state index contributed by atoms with van der Waals surface area (Å²) in [7, 11) is -3.74. The zero-order chi connectivity index (χ0) is 19.4. The van der Waals surface area contributed by atoms with Gasteiger partial charge >= 0.3 is 0 Å². The topological polar surface area (TPSA) is 96.9 Å². The molecule has 2 heterocycles. The molecule has 1 aliphatic heterocycles. The Morgan fingerprint density at radius 1 is 1.11 bits per heavy atom. The van der Waals surface area contributed by atoms with Gasteiger partial charge in [-0.1, -0.05) is 37.3 Å². The molecule has 1 amide bonds. The number of carbonyl (C=O) groups excluding carboxylic acids is 1. The zero-order valence-electron chi connectivity index (χ0n) is 15.4. The molecule has 1 fully saturated rings. The molecular weight excluding hydrogens is 366 g/mol. The van der Waals surface area contributed by atoms with Crippen LogP contribution in [-0.4, -0.2) is 56.3 Å². The highest BCUT2D eigenvalue weighted by atomic mass is 32.2. The van der Waals surface area contributed by atoms with E-state index < -0.39 is 15.9 Å². The fraction of sp³-hybridized carbons (Fsp3) is 0.421. The second-order valence-electron chi connectivity index (χ2n) is 6.83. The zero-order valence-corrected chi connectivity index (χ0v) is 16.2. The largest absolute Gasteiger partial charge is 0.438 e. The minimum absolute atomic E-state index is 0.151. The number of piperazine rings is 1. The van der Waals surface area contributed by atoms with Gasteiger partial charge in [0, 0.05) is 26.2 Å². The number of nitrogens with zero attached hydrogens (tertiary/aromatic N) is 2. The fourth-order valence-electron chi connectivity index (χ4n) is 3.24. The van der Waals surface area contributed by atoms with E-state index in [1.165, 1.54) is 22.0 Å². The second-order valence-corrected chi connectivity index (χ2v) is 8.70. The number of primary amides is 1. The third-order valence-corrected chi connectivity index (χ3v) is 6.77. The summed E-state index contributed by atoms with van der Waals surface area (Å²) in [6.45, 7) is 5.28. The predicted molar refractivity (Wildman–Crippen MR) is 102 cm³/mol. The maximum Gasteiger partial charge on any atom is 0.284 e. The molecule has 1 aromatic heterocycles. The number of benzene rings is 1. The maximum absolute atomic E-state index is 12.6. The lowest BCUT2D eigenvalue weighted by Gasteiger charge is -2.33. The Morgan fingerprint density at radius 2 is 1.78 bits per heavy atom. The summed E-state index contributed by atoms with van der Waals surface area (Å²) in [5.74, 6) is -0.473. The first-order chi connectivity index (χ1) is 12.9. The summed E-state index contributed by atoms with van der Waals surface area (Å²) in [6, 6.07) is 13.0. The summed E-state index contributed by atoms with van der Waals surface area (Å²) < 4.78 is 31.8. The fourth-order valence-corrected chi connectivity index (χ4v) is 4.57. The average Bonchev–Trinajstić information content (AvgIpc) is 3.18. The molecule has 0 radical (unpaired) electrons. The first-order valence-electron chi connectivity index (χ1n) is 9.05. The van der Waals surface area contributed by atoms with E-state index in [0.29, 0.717) is 32.1 Å². The molecule has 2 N–H and O–H groups in total. The second kappa shape index (κ2) is 8.24. The Morgan fingerprint density at radius 3 is 2.37 bits per heavy atom. The molecule has 3 rings (SSSR count). The Kier molecular flexibility index (Phi) is 5.98. The molecule has 7 nitrogen and oxygen atoms in total. The van der Waals surface area contributed by atoms with Crippen molar-refractivity contribution in [3.8, 4) is 0 Å². The molecule has 27 heavy (non-hydrogen) atoms. The van der Waals surface area contributed by atoms with Crippen LogP contribution in [-0.2, 0) is 10.0 Å². The minimum atomic E-state index is -3.74. The van der Waals surface area contributed by atoms with Gasteiger partial charge in [0.05, 0.1) is 0 Å². The molecule has 0 aliphatic carbocycles. The minimum Gasteiger partial charge on any atom is -0.438 e. The molecule has 1 unspecified atom stereocenters. The highest BCUT2D eigenvalue weighted by molar-refractivity contribution is 7.89. The molecule has 0 bridgehead atoms. The molecule has 8 heteroatoms. The van der Waals surface area contributed by atoms with Crippen molar-refractivity contribution in [3.05, 3.63) is 53.8 Å². The molecule has 1 aliphatic rings. The van der Waals surface area contributed by atoms with E-state index in [-0.39, 0.29) is 10.9 Å². The van der Waals surface area contributed by atoms with Gasteiger partial charge in [0.15, 0.2) is 5.76 Å². The van der Waals surface area contributed by atoms with Crippen molar-refractivity contribution in [3.63, 3.8) is 0 Å². The van der Waals surface area contributed by atoms with Gasteiger partial charge in [0.2, 0.25) is 5.09 Å². The van der Waals surface area contributed by atoms with Gasteiger partial charge < -0.3 is 15.1 Å². The number of hydrogen-bond acceptors (Lipinski definition) is 5. The number of sulfonamides is 1. The Bertz CT molecular complexity index is 871. The summed E-state index contributed by atoms with van der Waals surface area (Å²) in [6.07, 6.45) is 1.02. The lowest BCUT2D eigenvalue weighted by atomic mass is 9.98. The quantitative estimate of drug-likeness (QED) is 0.777. The molecule has 146 valence electrons. The van der Waals surface area contributed by atoms with Crippen molar-refractivity contribution in [2.75, 3.05) is 32.7 Å². The molecule has 1 atom stereocenters. The first kappa shape index (κ1) is 19.6. The number of rotatable bonds is 7. The number of carbonyl (C=O) groups is 1. The van der Waals surface area contributed by atoms with E-state index in [9.17, 15) is 13.2 Å². The Balaban J connectivity index is 1.53. The number of hydrogen-bond donors (Lipinski definition) is 1. The summed E-state index contributed by atoms with van der Waals surface area (Å²) in [5.41, 5.74) is 6.44. The Hall–Kier alpha value is -2.16. The van der Waals surface area contributed by atoms with Crippen molar-refractivity contribution < 1.29 is 17.6 Å². The highest BCUT2D eigenvalue weighted by Crippen LogP contribution is 2.22. The molecule has 1 aromatic carbocycles.